The van der Waals surface area contributed by atoms with E-state index in [4.69, 9.17) is 0 Å². The number of nitrogens with zero attached hydrogens (tertiary/aromatic N) is 1. The van der Waals surface area contributed by atoms with E-state index >= 15 is 0 Å². The molecule has 2 aliphatic carbocycles. The Kier molecular flexibility index (Phi) is 2.85. The maximum Gasteiger partial charge on any atom is 0.0104 e. The van der Waals surface area contributed by atoms with E-state index in [2.05, 4.69) is 31.1 Å². The van der Waals surface area contributed by atoms with Crippen LogP contribution in [0.4, 0.5) is 0 Å². The Morgan fingerprint density at radius 3 is 2.50 bits per heavy atom. The number of hydrogen-bond acceptors (Lipinski definition) is 2. The SMILES string of the molecule is CN(CCNC1CC1)CC1CC1(C)C. The Bertz CT molecular complexity index is 196. The molecule has 1 unspecified atom stereocenters. The van der Waals surface area contributed by atoms with Crippen LogP contribution in [0.1, 0.15) is 33.1 Å². The third-order valence-corrected chi connectivity index (χ3v) is 3.75. The lowest BCUT2D eigenvalue weighted by atomic mass is 10.1. The molecule has 14 heavy (non-hydrogen) atoms. The second-order valence-corrected chi connectivity index (χ2v) is 5.88. The van der Waals surface area contributed by atoms with Crippen molar-refractivity contribution >= 4 is 0 Å². The molecule has 2 heteroatoms. The average Bonchev–Trinajstić information content (AvgIpc) is 2.93. The summed E-state index contributed by atoms with van der Waals surface area (Å²) in [6.07, 6.45) is 4.23. The lowest BCUT2D eigenvalue weighted by Gasteiger charge is -2.17. The molecule has 2 saturated carbocycles. The average molecular weight is 196 g/mol. The molecule has 1 N–H and O–H groups in total. The molecule has 2 rings (SSSR count). The number of hydrogen-bond donors (Lipinski definition) is 1. The van der Waals surface area contributed by atoms with Gasteiger partial charge in [0.05, 0.1) is 0 Å². The first-order valence-corrected chi connectivity index (χ1v) is 6.00. The monoisotopic (exact) mass is 196 g/mol. The maximum absolute atomic E-state index is 3.56. The Balaban J connectivity index is 1.52. The van der Waals surface area contributed by atoms with Crippen LogP contribution in [0, 0.1) is 11.3 Å². The Hall–Kier alpha value is -0.0800. The summed E-state index contributed by atoms with van der Waals surface area (Å²) in [5, 5.41) is 3.56. The van der Waals surface area contributed by atoms with Gasteiger partial charge in [-0.05, 0) is 37.6 Å². The highest BCUT2D eigenvalue weighted by atomic mass is 15.1. The second kappa shape index (κ2) is 3.82. The molecule has 82 valence electrons. The molecule has 0 aromatic carbocycles. The summed E-state index contributed by atoms with van der Waals surface area (Å²) in [5.74, 6) is 0.952. The van der Waals surface area contributed by atoms with Gasteiger partial charge in [0.2, 0.25) is 0 Å². The van der Waals surface area contributed by atoms with Gasteiger partial charge in [-0.25, -0.2) is 0 Å². The third kappa shape index (κ3) is 2.96. The summed E-state index contributed by atoms with van der Waals surface area (Å²) in [6.45, 7) is 8.44. The van der Waals surface area contributed by atoms with Gasteiger partial charge in [0.1, 0.15) is 0 Å². The van der Waals surface area contributed by atoms with E-state index in [-0.39, 0.29) is 0 Å². The van der Waals surface area contributed by atoms with Crippen molar-refractivity contribution in [2.24, 2.45) is 11.3 Å². The van der Waals surface area contributed by atoms with Gasteiger partial charge in [-0.3, -0.25) is 0 Å². The van der Waals surface area contributed by atoms with Crippen molar-refractivity contribution in [1.82, 2.24) is 10.2 Å². The molecule has 0 saturated heterocycles. The molecule has 2 nitrogen and oxygen atoms in total. The Morgan fingerprint density at radius 1 is 1.36 bits per heavy atom. The smallest absolute Gasteiger partial charge is 0.0104 e. The molecule has 2 fully saturated rings. The van der Waals surface area contributed by atoms with Crippen molar-refractivity contribution in [2.75, 3.05) is 26.7 Å². The van der Waals surface area contributed by atoms with Gasteiger partial charge in [-0.15, -0.1) is 0 Å². The fourth-order valence-corrected chi connectivity index (χ4v) is 2.10. The molecule has 0 aliphatic heterocycles. The topological polar surface area (TPSA) is 15.3 Å². The minimum Gasteiger partial charge on any atom is -0.313 e. The molecule has 0 spiro atoms. The quantitative estimate of drug-likeness (QED) is 0.696. The van der Waals surface area contributed by atoms with Crippen LogP contribution in [-0.4, -0.2) is 37.6 Å². The molecule has 0 radical (unpaired) electrons. The molecule has 0 aromatic heterocycles. The molecule has 2 aliphatic rings. The zero-order valence-electron chi connectivity index (χ0n) is 9.84. The first-order chi connectivity index (χ1) is 6.58. The summed E-state index contributed by atoms with van der Waals surface area (Å²) in [6, 6.07) is 0.862. The van der Waals surface area contributed by atoms with Crippen molar-refractivity contribution < 1.29 is 0 Å². The summed E-state index contributed by atoms with van der Waals surface area (Å²) in [4.78, 5) is 2.48. The van der Waals surface area contributed by atoms with E-state index in [1.807, 2.05) is 0 Å². The Labute approximate surface area is 88.1 Å². The fourth-order valence-electron chi connectivity index (χ4n) is 2.10. The van der Waals surface area contributed by atoms with Gasteiger partial charge in [0, 0.05) is 25.7 Å². The first-order valence-electron chi connectivity index (χ1n) is 6.00. The maximum atomic E-state index is 3.56. The standard InChI is InChI=1S/C12H24N2/c1-12(2)8-10(12)9-14(3)7-6-13-11-4-5-11/h10-11,13H,4-9H2,1-3H3. The summed E-state index contributed by atoms with van der Waals surface area (Å²) in [7, 11) is 2.25. The fraction of sp³-hybridized carbons (Fsp3) is 1.00. The largest absolute Gasteiger partial charge is 0.313 e. The van der Waals surface area contributed by atoms with E-state index in [1.165, 1.54) is 38.9 Å². The van der Waals surface area contributed by atoms with Gasteiger partial charge >= 0.3 is 0 Å². The van der Waals surface area contributed by atoms with E-state index in [1.54, 1.807) is 0 Å². The normalized spacial score (nSPS) is 29.6. The van der Waals surface area contributed by atoms with E-state index in [9.17, 15) is 0 Å². The van der Waals surface area contributed by atoms with Crippen LogP contribution in [0.3, 0.4) is 0 Å². The zero-order chi connectivity index (χ0) is 10.2. The van der Waals surface area contributed by atoms with Crippen LogP contribution in [0.5, 0.6) is 0 Å². The summed E-state index contributed by atoms with van der Waals surface area (Å²) in [5.41, 5.74) is 0.637. The minimum atomic E-state index is 0.637. The van der Waals surface area contributed by atoms with Gasteiger partial charge in [0.25, 0.3) is 0 Å². The number of likely N-dealkylation sites (N-methyl/N-ethyl adjacent to an activating group) is 1. The molecular formula is C12H24N2. The number of nitrogens with one attached hydrogen (secondary N) is 1. The summed E-state index contributed by atoms with van der Waals surface area (Å²) >= 11 is 0. The van der Waals surface area contributed by atoms with Crippen molar-refractivity contribution in [3.8, 4) is 0 Å². The van der Waals surface area contributed by atoms with Crippen molar-refractivity contribution in [3.63, 3.8) is 0 Å². The van der Waals surface area contributed by atoms with Crippen molar-refractivity contribution in [1.29, 1.82) is 0 Å². The first kappa shape index (κ1) is 10.4. The minimum absolute atomic E-state index is 0.637. The van der Waals surface area contributed by atoms with Gasteiger partial charge in [0.15, 0.2) is 0 Å². The molecule has 0 aromatic rings. The van der Waals surface area contributed by atoms with Crippen LogP contribution in [0.15, 0.2) is 0 Å². The van der Waals surface area contributed by atoms with Gasteiger partial charge in [-0.1, -0.05) is 13.8 Å². The van der Waals surface area contributed by atoms with Crippen LogP contribution in [0.25, 0.3) is 0 Å². The van der Waals surface area contributed by atoms with Crippen molar-refractivity contribution in [3.05, 3.63) is 0 Å². The lowest BCUT2D eigenvalue weighted by Crippen LogP contribution is -2.32. The lowest BCUT2D eigenvalue weighted by molar-refractivity contribution is 0.301. The predicted octanol–water partition coefficient (Wildman–Crippen LogP) is 1.72. The number of rotatable bonds is 6. The molecule has 1 atom stereocenters. The molecule has 0 heterocycles. The van der Waals surface area contributed by atoms with E-state index < -0.39 is 0 Å². The van der Waals surface area contributed by atoms with Crippen LogP contribution in [-0.2, 0) is 0 Å². The molecule has 0 amide bonds. The molecular weight excluding hydrogens is 172 g/mol. The Morgan fingerprint density at radius 2 is 2.00 bits per heavy atom. The van der Waals surface area contributed by atoms with Crippen LogP contribution >= 0.6 is 0 Å². The third-order valence-electron chi connectivity index (χ3n) is 3.75. The highest BCUT2D eigenvalue weighted by Crippen LogP contribution is 2.51. The van der Waals surface area contributed by atoms with Crippen LogP contribution in [0.2, 0.25) is 0 Å². The van der Waals surface area contributed by atoms with Crippen LogP contribution < -0.4 is 5.32 Å². The van der Waals surface area contributed by atoms with E-state index in [0.717, 1.165) is 12.0 Å². The summed E-state index contributed by atoms with van der Waals surface area (Å²) < 4.78 is 0. The predicted molar refractivity (Wildman–Crippen MR) is 60.4 cm³/mol. The van der Waals surface area contributed by atoms with Gasteiger partial charge in [-0.2, -0.15) is 0 Å². The highest BCUT2D eigenvalue weighted by Gasteiger charge is 2.45. The second-order valence-electron chi connectivity index (χ2n) is 5.88. The zero-order valence-corrected chi connectivity index (χ0v) is 9.84. The molecule has 0 bridgehead atoms. The van der Waals surface area contributed by atoms with E-state index in [0.29, 0.717) is 5.41 Å². The highest BCUT2D eigenvalue weighted by molar-refractivity contribution is 4.96. The van der Waals surface area contributed by atoms with Gasteiger partial charge < -0.3 is 10.2 Å². The van der Waals surface area contributed by atoms with Crippen molar-refractivity contribution in [2.45, 2.75) is 39.2 Å².